The second kappa shape index (κ2) is 8.15. The largest absolute Gasteiger partial charge is 0.481 e. The van der Waals surface area contributed by atoms with Gasteiger partial charge in [-0.25, -0.2) is 0 Å². The summed E-state index contributed by atoms with van der Waals surface area (Å²) >= 11 is 0. The zero-order chi connectivity index (χ0) is 15.4. The molecule has 0 radical (unpaired) electrons. The van der Waals surface area contributed by atoms with Crippen LogP contribution in [0.25, 0.3) is 0 Å². The van der Waals surface area contributed by atoms with Crippen molar-refractivity contribution >= 4 is 30.0 Å². The summed E-state index contributed by atoms with van der Waals surface area (Å²) in [5.74, 6) is -1.03. The van der Waals surface area contributed by atoms with Crippen molar-refractivity contribution in [1.29, 1.82) is 0 Å². The molecule has 6 heteroatoms. The van der Waals surface area contributed by atoms with Crippen molar-refractivity contribution in [3.8, 4) is 0 Å². The summed E-state index contributed by atoms with van der Waals surface area (Å²) in [5, 5.41) is 11.9. The van der Waals surface area contributed by atoms with Crippen molar-refractivity contribution in [2.24, 2.45) is 5.92 Å². The molecular weight excluding hydrogens is 304 g/mol. The Morgan fingerprint density at radius 3 is 2.45 bits per heavy atom. The number of amides is 1. The minimum Gasteiger partial charge on any atom is -0.481 e. The lowest BCUT2D eigenvalue weighted by molar-refractivity contribution is -0.143. The molecular formula is C16H23ClN2O3. The number of carboxylic acid groups (broad SMARTS) is 1. The van der Waals surface area contributed by atoms with E-state index in [1.807, 2.05) is 36.9 Å². The zero-order valence-electron chi connectivity index (χ0n) is 13.0. The first kappa shape index (κ1) is 18.5. The SMILES string of the molecule is Cc1ccc(NC(=O)CN2CCC(C(=O)O)CC2)c(C)c1.Cl. The van der Waals surface area contributed by atoms with Gasteiger partial charge in [-0.05, 0) is 51.4 Å². The number of hydrogen-bond donors (Lipinski definition) is 2. The highest BCUT2D eigenvalue weighted by molar-refractivity contribution is 5.93. The Hall–Kier alpha value is -1.59. The summed E-state index contributed by atoms with van der Waals surface area (Å²) in [6, 6.07) is 5.92. The van der Waals surface area contributed by atoms with Crippen molar-refractivity contribution in [2.75, 3.05) is 25.0 Å². The number of rotatable bonds is 4. The molecule has 0 aliphatic carbocycles. The van der Waals surface area contributed by atoms with E-state index in [9.17, 15) is 9.59 Å². The monoisotopic (exact) mass is 326 g/mol. The van der Waals surface area contributed by atoms with Crippen LogP contribution in [0.5, 0.6) is 0 Å². The van der Waals surface area contributed by atoms with Gasteiger partial charge in [-0.3, -0.25) is 14.5 Å². The number of halogens is 1. The van der Waals surface area contributed by atoms with E-state index >= 15 is 0 Å². The minimum atomic E-state index is -0.727. The fraction of sp³-hybridized carbons (Fsp3) is 0.500. The fourth-order valence-corrected chi connectivity index (χ4v) is 2.68. The molecule has 1 aromatic rings. The molecule has 1 aliphatic rings. The van der Waals surface area contributed by atoms with Crippen LogP contribution in [0.15, 0.2) is 18.2 Å². The van der Waals surface area contributed by atoms with Crippen LogP contribution in [-0.4, -0.2) is 41.5 Å². The first-order valence-corrected chi connectivity index (χ1v) is 7.28. The van der Waals surface area contributed by atoms with Crippen LogP contribution in [0.2, 0.25) is 0 Å². The molecule has 2 rings (SSSR count). The first-order valence-electron chi connectivity index (χ1n) is 7.28. The Labute approximate surface area is 137 Å². The molecule has 22 heavy (non-hydrogen) atoms. The summed E-state index contributed by atoms with van der Waals surface area (Å²) in [4.78, 5) is 25.0. The van der Waals surface area contributed by atoms with Crippen LogP contribution in [0, 0.1) is 19.8 Å². The lowest BCUT2D eigenvalue weighted by Gasteiger charge is -2.29. The van der Waals surface area contributed by atoms with Gasteiger partial charge in [0.25, 0.3) is 0 Å². The van der Waals surface area contributed by atoms with Crippen LogP contribution in [-0.2, 0) is 9.59 Å². The van der Waals surface area contributed by atoms with Crippen molar-refractivity contribution in [2.45, 2.75) is 26.7 Å². The van der Waals surface area contributed by atoms with E-state index in [0.717, 1.165) is 11.3 Å². The molecule has 1 heterocycles. The molecule has 0 saturated carbocycles. The maximum absolute atomic E-state index is 12.1. The van der Waals surface area contributed by atoms with Gasteiger partial charge in [0.05, 0.1) is 12.5 Å². The number of nitrogens with zero attached hydrogens (tertiary/aromatic N) is 1. The summed E-state index contributed by atoms with van der Waals surface area (Å²) in [6.45, 7) is 5.64. The molecule has 1 fully saturated rings. The van der Waals surface area contributed by atoms with E-state index in [0.29, 0.717) is 32.5 Å². The standard InChI is InChI=1S/C16H22N2O3.ClH/c1-11-3-4-14(12(2)9-11)17-15(19)10-18-7-5-13(6-8-18)16(20)21;/h3-4,9,13H,5-8,10H2,1-2H3,(H,17,19)(H,20,21);1H. The number of likely N-dealkylation sites (tertiary alicyclic amines) is 1. The number of aliphatic carboxylic acids is 1. The number of piperidine rings is 1. The van der Waals surface area contributed by atoms with Crippen LogP contribution in [0.3, 0.4) is 0 Å². The lowest BCUT2D eigenvalue weighted by Crippen LogP contribution is -2.40. The Kier molecular flexibility index (Phi) is 6.84. The predicted molar refractivity (Wildman–Crippen MR) is 88.6 cm³/mol. The summed E-state index contributed by atoms with van der Waals surface area (Å²) in [5.41, 5.74) is 3.06. The van der Waals surface area contributed by atoms with Gasteiger partial charge in [0.1, 0.15) is 0 Å². The van der Waals surface area contributed by atoms with Gasteiger partial charge in [0.2, 0.25) is 5.91 Å². The molecule has 122 valence electrons. The molecule has 0 bridgehead atoms. The number of anilines is 1. The summed E-state index contributed by atoms with van der Waals surface area (Å²) in [7, 11) is 0. The number of carbonyl (C=O) groups is 2. The average Bonchev–Trinajstić information content (AvgIpc) is 2.42. The fourth-order valence-electron chi connectivity index (χ4n) is 2.68. The molecule has 0 aromatic heterocycles. The number of carboxylic acids is 1. The smallest absolute Gasteiger partial charge is 0.306 e. The Morgan fingerprint density at radius 1 is 1.27 bits per heavy atom. The minimum absolute atomic E-state index is 0. The lowest BCUT2D eigenvalue weighted by atomic mass is 9.97. The van der Waals surface area contributed by atoms with Crippen LogP contribution < -0.4 is 5.32 Å². The molecule has 5 nitrogen and oxygen atoms in total. The third kappa shape index (κ3) is 5.00. The third-order valence-electron chi connectivity index (χ3n) is 3.96. The summed E-state index contributed by atoms with van der Waals surface area (Å²) < 4.78 is 0. The van der Waals surface area contributed by atoms with Crippen LogP contribution in [0.4, 0.5) is 5.69 Å². The van der Waals surface area contributed by atoms with Crippen LogP contribution >= 0.6 is 12.4 Å². The molecule has 0 spiro atoms. The molecule has 0 unspecified atom stereocenters. The quantitative estimate of drug-likeness (QED) is 0.891. The second-order valence-corrected chi connectivity index (χ2v) is 5.76. The van der Waals surface area contributed by atoms with Crippen molar-refractivity contribution < 1.29 is 14.7 Å². The van der Waals surface area contributed by atoms with Crippen molar-refractivity contribution in [3.63, 3.8) is 0 Å². The Bertz CT molecular complexity index is 540. The van der Waals surface area contributed by atoms with Crippen molar-refractivity contribution in [1.82, 2.24) is 4.90 Å². The maximum atomic E-state index is 12.1. The molecule has 1 saturated heterocycles. The van der Waals surface area contributed by atoms with Crippen LogP contribution in [0.1, 0.15) is 24.0 Å². The van der Waals surface area contributed by atoms with Gasteiger partial charge in [0.15, 0.2) is 0 Å². The Balaban J connectivity index is 0.00000242. The van der Waals surface area contributed by atoms with Gasteiger partial charge in [-0.2, -0.15) is 0 Å². The van der Waals surface area contributed by atoms with Gasteiger partial charge in [-0.1, -0.05) is 17.7 Å². The number of carbonyl (C=O) groups excluding carboxylic acids is 1. The summed E-state index contributed by atoms with van der Waals surface area (Å²) in [6.07, 6.45) is 1.23. The van der Waals surface area contributed by atoms with Crippen molar-refractivity contribution in [3.05, 3.63) is 29.3 Å². The highest BCUT2D eigenvalue weighted by Gasteiger charge is 2.25. The number of aryl methyl sites for hydroxylation is 2. The first-order chi connectivity index (χ1) is 9.95. The normalized spacial score (nSPS) is 15.9. The maximum Gasteiger partial charge on any atom is 0.306 e. The Morgan fingerprint density at radius 2 is 1.91 bits per heavy atom. The average molecular weight is 327 g/mol. The molecule has 0 atom stereocenters. The number of hydrogen-bond acceptors (Lipinski definition) is 3. The highest BCUT2D eigenvalue weighted by Crippen LogP contribution is 2.18. The molecule has 2 N–H and O–H groups in total. The molecule has 1 aromatic carbocycles. The second-order valence-electron chi connectivity index (χ2n) is 5.76. The highest BCUT2D eigenvalue weighted by atomic mass is 35.5. The van der Waals surface area contributed by atoms with E-state index < -0.39 is 5.97 Å². The van der Waals surface area contributed by atoms with Gasteiger partial charge >= 0.3 is 5.97 Å². The zero-order valence-corrected chi connectivity index (χ0v) is 13.8. The van der Waals surface area contributed by atoms with E-state index in [1.165, 1.54) is 5.56 Å². The predicted octanol–water partition coefficient (Wildman–Crippen LogP) is 2.46. The third-order valence-corrected chi connectivity index (χ3v) is 3.96. The number of nitrogens with one attached hydrogen (secondary N) is 1. The number of benzene rings is 1. The molecule has 1 amide bonds. The van der Waals surface area contributed by atoms with E-state index in [-0.39, 0.29) is 24.2 Å². The van der Waals surface area contributed by atoms with Gasteiger partial charge in [-0.15, -0.1) is 12.4 Å². The molecule has 1 aliphatic heterocycles. The van der Waals surface area contributed by atoms with E-state index in [4.69, 9.17) is 5.11 Å². The van der Waals surface area contributed by atoms with Gasteiger partial charge < -0.3 is 10.4 Å². The van der Waals surface area contributed by atoms with E-state index in [2.05, 4.69) is 5.32 Å². The topological polar surface area (TPSA) is 69.6 Å². The van der Waals surface area contributed by atoms with E-state index in [1.54, 1.807) is 0 Å². The van der Waals surface area contributed by atoms with Gasteiger partial charge in [0, 0.05) is 5.69 Å².